The van der Waals surface area contributed by atoms with E-state index in [4.69, 9.17) is 4.74 Å². The van der Waals surface area contributed by atoms with Crippen LogP contribution in [-0.2, 0) is 11.2 Å². The lowest BCUT2D eigenvalue weighted by molar-refractivity contribution is -0.140. The van der Waals surface area contributed by atoms with Crippen LogP contribution < -0.4 is 4.74 Å². The number of rotatable bonds is 14. The van der Waals surface area contributed by atoms with E-state index in [-0.39, 0.29) is 11.9 Å². The fourth-order valence-electron chi connectivity index (χ4n) is 5.10. The van der Waals surface area contributed by atoms with Crippen LogP contribution in [0.3, 0.4) is 0 Å². The van der Waals surface area contributed by atoms with Gasteiger partial charge in [0.1, 0.15) is 5.75 Å². The molecule has 0 unspecified atom stereocenters. The zero-order chi connectivity index (χ0) is 24.0. The number of hydrogen-bond donors (Lipinski definition) is 0. The van der Waals surface area contributed by atoms with Crippen LogP contribution in [0.15, 0.2) is 42.6 Å². The minimum absolute atomic E-state index is 0.0584. The summed E-state index contributed by atoms with van der Waals surface area (Å²) < 4.78 is 5.71. The standard InChI is InChI=1S/C31H45NO2/c1-3-5-7-8-9-10-11-13-26-16-23-30(32-24-26)27-19-21-29(22-20-27)34-31(33)28-17-14-25(15-18-28)12-6-4-2/h16,19-25,28H,3-15,17-18H2,1-2H3. The first-order valence-corrected chi connectivity index (χ1v) is 14.0. The highest BCUT2D eigenvalue weighted by Gasteiger charge is 2.27. The highest BCUT2D eigenvalue weighted by atomic mass is 16.5. The van der Waals surface area contributed by atoms with Crippen molar-refractivity contribution in [2.75, 3.05) is 0 Å². The number of carbonyl (C=O) groups excluding carboxylic acids is 1. The van der Waals surface area contributed by atoms with Crippen LogP contribution in [0.5, 0.6) is 5.75 Å². The maximum Gasteiger partial charge on any atom is 0.314 e. The van der Waals surface area contributed by atoms with Gasteiger partial charge in [-0.1, -0.05) is 77.7 Å². The van der Waals surface area contributed by atoms with Crippen molar-refractivity contribution in [1.29, 1.82) is 0 Å². The van der Waals surface area contributed by atoms with Gasteiger partial charge in [0.25, 0.3) is 0 Å². The molecule has 1 fully saturated rings. The first-order valence-electron chi connectivity index (χ1n) is 14.0. The number of aryl methyl sites for hydroxylation is 1. The van der Waals surface area contributed by atoms with Crippen molar-refractivity contribution in [2.24, 2.45) is 11.8 Å². The quantitative estimate of drug-likeness (QED) is 0.159. The Labute approximate surface area is 207 Å². The normalized spacial score (nSPS) is 18.1. The number of nitrogens with zero attached hydrogens (tertiary/aromatic N) is 1. The number of pyridine rings is 1. The summed E-state index contributed by atoms with van der Waals surface area (Å²) in [5.41, 5.74) is 3.33. The van der Waals surface area contributed by atoms with Gasteiger partial charge in [0.05, 0.1) is 11.6 Å². The smallest absolute Gasteiger partial charge is 0.314 e. The average molecular weight is 464 g/mol. The molecule has 1 aromatic carbocycles. The van der Waals surface area contributed by atoms with Crippen molar-refractivity contribution in [3.05, 3.63) is 48.2 Å². The van der Waals surface area contributed by atoms with Crippen molar-refractivity contribution < 1.29 is 9.53 Å². The molecule has 3 heteroatoms. The summed E-state index contributed by atoms with van der Waals surface area (Å²) in [7, 11) is 0. The molecule has 1 saturated carbocycles. The second-order valence-corrected chi connectivity index (χ2v) is 10.2. The Hall–Kier alpha value is -2.16. The Bertz CT molecular complexity index is 820. The van der Waals surface area contributed by atoms with E-state index in [1.165, 1.54) is 82.6 Å². The lowest BCUT2D eigenvalue weighted by atomic mass is 9.80. The lowest BCUT2D eigenvalue weighted by Gasteiger charge is -2.27. The molecule has 0 saturated heterocycles. The van der Waals surface area contributed by atoms with Crippen LogP contribution in [0, 0.1) is 11.8 Å². The van der Waals surface area contributed by atoms with Crippen molar-refractivity contribution in [1.82, 2.24) is 4.98 Å². The van der Waals surface area contributed by atoms with Gasteiger partial charge in [-0.2, -0.15) is 0 Å². The van der Waals surface area contributed by atoms with E-state index in [1.54, 1.807) is 0 Å². The molecule has 0 aliphatic heterocycles. The molecule has 0 atom stereocenters. The number of aromatic nitrogens is 1. The second kappa shape index (κ2) is 15.0. The fraction of sp³-hybridized carbons (Fsp3) is 0.613. The number of unbranched alkanes of at least 4 members (excludes halogenated alkanes) is 7. The molecule has 3 rings (SSSR count). The molecule has 1 heterocycles. The predicted octanol–water partition coefficient (Wildman–Crippen LogP) is 8.94. The van der Waals surface area contributed by atoms with Crippen LogP contribution in [0.1, 0.15) is 109 Å². The van der Waals surface area contributed by atoms with Gasteiger partial charge >= 0.3 is 5.97 Å². The minimum atomic E-state index is -0.0606. The number of benzene rings is 1. The van der Waals surface area contributed by atoms with E-state index in [0.29, 0.717) is 5.75 Å². The van der Waals surface area contributed by atoms with Crippen molar-refractivity contribution >= 4 is 5.97 Å². The van der Waals surface area contributed by atoms with Gasteiger partial charge in [-0.25, -0.2) is 0 Å². The van der Waals surface area contributed by atoms with Crippen molar-refractivity contribution in [2.45, 2.75) is 110 Å². The molecule has 3 nitrogen and oxygen atoms in total. The summed E-state index contributed by atoms with van der Waals surface area (Å²) in [6, 6.07) is 12.1. The van der Waals surface area contributed by atoms with Crippen LogP contribution in [0.2, 0.25) is 0 Å². The molecule has 34 heavy (non-hydrogen) atoms. The summed E-state index contributed by atoms with van der Waals surface area (Å²) in [5.74, 6) is 1.44. The predicted molar refractivity (Wildman–Crippen MR) is 142 cm³/mol. The van der Waals surface area contributed by atoms with E-state index in [2.05, 4.69) is 31.0 Å². The maximum absolute atomic E-state index is 12.6. The number of carbonyl (C=O) groups is 1. The Morgan fingerprint density at radius 1 is 0.824 bits per heavy atom. The summed E-state index contributed by atoms with van der Waals surface area (Å²) in [6.45, 7) is 4.51. The van der Waals surface area contributed by atoms with E-state index >= 15 is 0 Å². The van der Waals surface area contributed by atoms with E-state index < -0.39 is 0 Å². The third kappa shape index (κ3) is 8.89. The first-order chi connectivity index (χ1) is 16.7. The molecular weight excluding hydrogens is 418 g/mol. The Kier molecular flexibility index (Phi) is 11.6. The molecule has 1 aliphatic rings. The molecule has 1 aliphatic carbocycles. The zero-order valence-corrected chi connectivity index (χ0v) is 21.6. The molecule has 0 spiro atoms. The van der Waals surface area contributed by atoms with Gasteiger partial charge in [-0.15, -0.1) is 0 Å². The second-order valence-electron chi connectivity index (χ2n) is 10.2. The van der Waals surface area contributed by atoms with Gasteiger partial charge in [0.2, 0.25) is 0 Å². The number of esters is 1. The fourth-order valence-corrected chi connectivity index (χ4v) is 5.10. The SMILES string of the molecule is CCCCCCCCCc1ccc(-c2ccc(OC(=O)C3CCC(CCCC)CC3)cc2)nc1. The minimum Gasteiger partial charge on any atom is -0.426 e. The summed E-state index contributed by atoms with van der Waals surface area (Å²) in [6.07, 6.45) is 20.6. The Morgan fingerprint density at radius 3 is 2.15 bits per heavy atom. The number of hydrogen-bond acceptors (Lipinski definition) is 3. The van der Waals surface area contributed by atoms with Crippen LogP contribution in [-0.4, -0.2) is 11.0 Å². The molecule has 1 aromatic heterocycles. The molecule has 0 bridgehead atoms. The van der Waals surface area contributed by atoms with Gasteiger partial charge in [0.15, 0.2) is 0 Å². The molecule has 0 N–H and O–H groups in total. The highest BCUT2D eigenvalue weighted by molar-refractivity contribution is 5.75. The lowest BCUT2D eigenvalue weighted by Crippen LogP contribution is -2.25. The van der Waals surface area contributed by atoms with Crippen molar-refractivity contribution in [3.8, 4) is 17.0 Å². The monoisotopic (exact) mass is 463 g/mol. The van der Waals surface area contributed by atoms with Gasteiger partial charge in [0, 0.05) is 11.8 Å². The average Bonchev–Trinajstić information content (AvgIpc) is 2.88. The summed E-state index contributed by atoms with van der Waals surface area (Å²) in [4.78, 5) is 17.3. The molecule has 2 aromatic rings. The third-order valence-corrected chi connectivity index (χ3v) is 7.41. The van der Waals surface area contributed by atoms with E-state index in [9.17, 15) is 4.79 Å². The first kappa shape index (κ1) is 26.4. The number of ether oxygens (including phenoxy) is 1. The summed E-state index contributed by atoms with van der Waals surface area (Å²) in [5, 5.41) is 0. The van der Waals surface area contributed by atoms with Crippen LogP contribution >= 0.6 is 0 Å². The van der Waals surface area contributed by atoms with Gasteiger partial charge in [-0.05, 0) is 80.3 Å². The van der Waals surface area contributed by atoms with Gasteiger partial charge in [-0.3, -0.25) is 9.78 Å². The largest absolute Gasteiger partial charge is 0.426 e. The molecular formula is C31H45NO2. The third-order valence-electron chi connectivity index (χ3n) is 7.41. The molecule has 0 amide bonds. The van der Waals surface area contributed by atoms with E-state index in [0.717, 1.165) is 36.4 Å². The van der Waals surface area contributed by atoms with Gasteiger partial charge < -0.3 is 4.74 Å². The highest BCUT2D eigenvalue weighted by Crippen LogP contribution is 2.33. The molecule has 186 valence electrons. The Balaban J connectivity index is 1.40. The topological polar surface area (TPSA) is 39.2 Å². The zero-order valence-electron chi connectivity index (χ0n) is 21.6. The van der Waals surface area contributed by atoms with Crippen molar-refractivity contribution in [3.63, 3.8) is 0 Å². The molecule has 0 radical (unpaired) electrons. The van der Waals surface area contributed by atoms with E-state index in [1.807, 2.05) is 30.5 Å². The Morgan fingerprint density at radius 2 is 1.50 bits per heavy atom. The van der Waals surface area contributed by atoms with Crippen LogP contribution in [0.4, 0.5) is 0 Å². The van der Waals surface area contributed by atoms with Crippen LogP contribution in [0.25, 0.3) is 11.3 Å². The summed E-state index contributed by atoms with van der Waals surface area (Å²) >= 11 is 0. The maximum atomic E-state index is 12.6.